The number of nitro benzene ring substituents is 1. The topological polar surface area (TPSA) is 127 Å². The molecule has 25 heavy (non-hydrogen) atoms. The summed E-state index contributed by atoms with van der Waals surface area (Å²) in [5, 5.41) is 17.4. The number of rotatable bonds is 6. The maximum absolute atomic E-state index is 12.1. The van der Waals surface area contributed by atoms with Crippen molar-refractivity contribution < 1.29 is 14.5 Å². The van der Waals surface area contributed by atoms with Gasteiger partial charge in [0.15, 0.2) is 0 Å². The summed E-state index contributed by atoms with van der Waals surface area (Å²) < 4.78 is 0. The molecule has 4 N–H and O–H groups in total. The van der Waals surface area contributed by atoms with Crippen molar-refractivity contribution in [3.05, 3.63) is 33.9 Å². The van der Waals surface area contributed by atoms with Gasteiger partial charge >= 0.3 is 0 Å². The van der Waals surface area contributed by atoms with Crippen LogP contribution in [0.2, 0.25) is 0 Å². The molecule has 1 aliphatic rings. The summed E-state index contributed by atoms with van der Waals surface area (Å²) in [6, 6.07) is 4.12. The Labute approximate surface area is 155 Å². The third-order valence-corrected chi connectivity index (χ3v) is 4.99. The number of carbonyl (C=O) groups excluding carboxylic acids is 2. The van der Waals surface area contributed by atoms with Gasteiger partial charge in [0.1, 0.15) is 0 Å². The fourth-order valence-corrected chi connectivity index (χ4v) is 3.37. The van der Waals surface area contributed by atoms with E-state index in [0.29, 0.717) is 10.8 Å². The van der Waals surface area contributed by atoms with Gasteiger partial charge in [0.2, 0.25) is 11.8 Å². The Morgan fingerprint density at radius 2 is 2.20 bits per heavy atom. The summed E-state index contributed by atoms with van der Waals surface area (Å²) in [6.07, 6.45) is 0.866. The summed E-state index contributed by atoms with van der Waals surface area (Å²) in [5.41, 5.74) is 4.98. The highest BCUT2D eigenvalue weighted by Gasteiger charge is 2.23. The van der Waals surface area contributed by atoms with Gasteiger partial charge in [-0.15, -0.1) is 24.2 Å². The number of benzene rings is 1. The lowest BCUT2D eigenvalue weighted by molar-refractivity contribution is -0.387. The van der Waals surface area contributed by atoms with Crippen molar-refractivity contribution in [1.82, 2.24) is 10.6 Å². The number of carbonyl (C=O) groups is 2. The third kappa shape index (κ3) is 5.87. The molecule has 2 rings (SSSR count). The average Bonchev–Trinajstić information content (AvgIpc) is 2.54. The standard InChI is InChI=1S/C15H20N4O4S.ClH/c1-9-7-17-5-4-11(9)18-14(20)8-24-13-3-2-10(15(16)21)6-12(13)19(22)23;/h2-3,6,9,11,17H,4-5,7-8H2,1H3,(H2,16,21)(H,18,20);1H. The minimum atomic E-state index is -0.729. The first-order chi connectivity index (χ1) is 11.4. The molecule has 0 saturated carbocycles. The molecule has 2 atom stereocenters. The predicted octanol–water partition coefficient (Wildman–Crippen LogP) is 1.32. The zero-order valence-corrected chi connectivity index (χ0v) is 15.3. The Morgan fingerprint density at radius 3 is 2.80 bits per heavy atom. The Hall–Kier alpha value is -1.84. The van der Waals surface area contributed by atoms with Crippen molar-refractivity contribution in [3.63, 3.8) is 0 Å². The van der Waals surface area contributed by atoms with E-state index in [4.69, 9.17) is 5.73 Å². The highest BCUT2D eigenvalue weighted by molar-refractivity contribution is 8.00. The van der Waals surface area contributed by atoms with Crippen LogP contribution in [-0.4, -0.2) is 41.6 Å². The van der Waals surface area contributed by atoms with Crippen LogP contribution in [-0.2, 0) is 4.79 Å². The van der Waals surface area contributed by atoms with Crippen LogP contribution in [0, 0.1) is 16.0 Å². The molecule has 138 valence electrons. The summed E-state index contributed by atoms with van der Waals surface area (Å²) >= 11 is 1.07. The van der Waals surface area contributed by atoms with Gasteiger partial charge < -0.3 is 16.4 Å². The number of primary amides is 1. The molecule has 1 aromatic rings. The van der Waals surface area contributed by atoms with Crippen LogP contribution in [0.4, 0.5) is 5.69 Å². The van der Waals surface area contributed by atoms with E-state index in [9.17, 15) is 19.7 Å². The Kier molecular flexibility index (Phi) is 8.14. The van der Waals surface area contributed by atoms with Gasteiger partial charge in [0, 0.05) is 17.7 Å². The van der Waals surface area contributed by atoms with E-state index in [1.165, 1.54) is 12.1 Å². The van der Waals surface area contributed by atoms with Crippen LogP contribution in [0.1, 0.15) is 23.7 Å². The molecular formula is C15H21ClN4O4S. The lowest BCUT2D eigenvalue weighted by Gasteiger charge is -2.30. The van der Waals surface area contributed by atoms with E-state index in [-0.39, 0.29) is 41.4 Å². The largest absolute Gasteiger partial charge is 0.366 e. The second-order valence-electron chi connectivity index (χ2n) is 5.74. The number of nitrogens with zero attached hydrogens (tertiary/aromatic N) is 1. The lowest BCUT2D eigenvalue weighted by atomic mass is 9.95. The summed E-state index contributed by atoms with van der Waals surface area (Å²) in [4.78, 5) is 34.1. The first-order valence-electron chi connectivity index (χ1n) is 7.59. The smallest absolute Gasteiger partial charge is 0.283 e. The second-order valence-corrected chi connectivity index (χ2v) is 6.75. The van der Waals surface area contributed by atoms with E-state index in [1.807, 2.05) is 0 Å². The van der Waals surface area contributed by atoms with Gasteiger partial charge in [0.25, 0.3) is 5.69 Å². The fourth-order valence-electron chi connectivity index (χ4n) is 2.56. The van der Waals surface area contributed by atoms with Crippen molar-refractivity contribution in [1.29, 1.82) is 0 Å². The molecule has 1 saturated heterocycles. The SMILES string of the molecule is CC1CNCCC1NC(=O)CSc1ccc(C(N)=O)cc1[N+](=O)[O-].Cl. The summed E-state index contributed by atoms with van der Waals surface area (Å²) in [5.74, 6) is -0.468. The quantitative estimate of drug-likeness (QED) is 0.383. The molecule has 0 radical (unpaired) electrons. The van der Waals surface area contributed by atoms with E-state index < -0.39 is 10.8 Å². The Morgan fingerprint density at radius 1 is 1.48 bits per heavy atom. The van der Waals surface area contributed by atoms with Crippen molar-refractivity contribution >= 4 is 41.7 Å². The molecule has 0 spiro atoms. The number of amides is 2. The van der Waals surface area contributed by atoms with Crippen LogP contribution in [0.25, 0.3) is 0 Å². The number of halogens is 1. The molecule has 0 bridgehead atoms. The lowest BCUT2D eigenvalue weighted by Crippen LogP contribution is -2.48. The molecule has 1 aromatic carbocycles. The number of piperidine rings is 1. The zero-order chi connectivity index (χ0) is 17.7. The zero-order valence-electron chi connectivity index (χ0n) is 13.7. The van der Waals surface area contributed by atoms with Crippen LogP contribution >= 0.6 is 24.2 Å². The van der Waals surface area contributed by atoms with E-state index in [1.54, 1.807) is 0 Å². The van der Waals surface area contributed by atoms with E-state index >= 15 is 0 Å². The normalized spacial score (nSPS) is 19.6. The first-order valence-corrected chi connectivity index (χ1v) is 8.58. The van der Waals surface area contributed by atoms with Crippen LogP contribution in [0.3, 0.4) is 0 Å². The molecule has 1 fully saturated rings. The van der Waals surface area contributed by atoms with Gasteiger partial charge in [-0.25, -0.2) is 0 Å². The molecular weight excluding hydrogens is 368 g/mol. The summed E-state index contributed by atoms with van der Waals surface area (Å²) in [6.45, 7) is 3.79. The van der Waals surface area contributed by atoms with Gasteiger partial charge in [-0.05, 0) is 37.6 Å². The predicted molar refractivity (Wildman–Crippen MR) is 98.2 cm³/mol. The molecule has 8 nitrogen and oxygen atoms in total. The molecule has 1 aliphatic heterocycles. The Bertz CT molecular complexity index is 658. The monoisotopic (exact) mass is 388 g/mol. The third-order valence-electron chi connectivity index (χ3n) is 3.93. The van der Waals surface area contributed by atoms with Gasteiger partial charge in [0.05, 0.1) is 15.6 Å². The fraction of sp³-hybridized carbons (Fsp3) is 0.467. The number of nitro groups is 1. The van der Waals surface area contributed by atoms with Crippen LogP contribution < -0.4 is 16.4 Å². The minimum Gasteiger partial charge on any atom is -0.366 e. The Balaban J connectivity index is 0.00000312. The second kappa shape index (κ2) is 9.59. The van der Waals surface area contributed by atoms with Crippen molar-refractivity contribution in [2.75, 3.05) is 18.8 Å². The van der Waals surface area contributed by atoms with Crippen molar-refractivity contribution in [2.24, 2.45) is 11.7 Å². The van der Waals surface area contributed by atoms with Gasteiger partial charge in [-0.1, -0.05) is 6.92 Å². The van der Waals surface area contributed by atoms with Crippen molar-refractivity contribution in [2.45, 2.75) is 24.3 Å². The van der Waals surface area contributed by atoms with E-state index in [0.717, 1.165) is 37.3 Å². The highest BCUT2D eigenvalue weighted by Crippen LogP contribution is 2.30. The summed E-state index contributed by atoms with van der Waals surface area (Å²) in [7, 11) is 0. The number of nitrogens with one attached hydrogen (secondary N) is 2. The number of nitrogens with two attached hydrogens (primary N) is 1. The number of hydrogen-bond acceptors (Lipinski definition) is 6. The highest BCUT2D eigenvalue weighted by atomic mass is 35.5. The molecule has 10 heteroatoms. The van der Waals surface area contributed by atoms with Gasteiger partial charge in [-0.3, -0.25) is 19.7 Å². The molecule has 2 unspecified atom stereocenters. The maximum Gasteiger partial charge on any atom is 0.283 e. The molecule has 1 heterocycles. The maximum atomic E-state index is 12.1. The average molecular weight is 389 g/mol. The number of thioether (sulfide) groups is 1. The molecule has 0 aromatic heterocycles. The van der Waals surface area contributed by atoms with Gasteiger partial charge in [-0.2, -0.15) is 0 Å². The van der Waals surface area contributed by atoms with E-state index in [2.05, 4.69) is 17.6 Å². The number of hydrogen-bond donors (Lipinski definition) is 3. The molecule has 0 aliphatic carbocycles. The van der Waals surface area contributed by atoms with Crippen LogP contribution in [0.5, 0.6) is 0 Å². The molecule has 2 amide bonds. The van der Waals surface area contributed by atoms with Crippen LogP contribution in [0.15, 0.2) is 23.1 Å². The van der Waals surface area contributed by atoms with Crippen molar-refractivity contribution in [3.8, 4) is 0 Å². The first kappa shape index (κ1) is 21.2. The minimum absolute atomic E-state index is 0.